The van der Waals surface area contributed by atoms with E-state index in [-0.39, 0.29) is 17.1 Å². The van der Waals surface area contributed by atoms with E-state index in [1.54, 1.807) is 24.3 Å². The summed E-state index contributed by atoms with van der Waals surface area (Å²) in [5.74, 6) is -1.33. The molecule has 0 saturated heterocycles. The SMILES string of the molecule is O=C(COC(=O)c1cc(Br)ccc1O)c1cc2ccccc2o1. The van der Waals surface area contributed by atoms with Gasteiger partial charge < -0.3 is 14.3 Å². The lowest BCUT2D eigenvalue weighted by molar-refractivity contribution is 0.0465. The Kier molecular flexibility index (Phi) is 4.16. The molecule has 5 nitrogen and oxygen atoms in total. The third kappa shape index (κ3) is 3.27. The van der Waals surface area contributed by atoms with Gasteiger partial charge in [-0.1, -0.05) is 34.1 Å². The molecule has 23 heavy (non-hydrogen) atoms. The zero-order valence-electron chi connectivity index (χ0n) is 11.8. The number of aromatic hydroxyl groups is 1. The van der Waals surface area contributed by atoms with Gasteiger partial charge in [0.15, 0.2) is 12.4 Å². The molecular formula is C17H11BrO5. The lowest BCUT2D eigenvalue weighted by atomic mass is 10.2. The average Bonchev–Trinajstić information content (AvgIpc) is 2.98. The predicted octanol–water partition coefficient (Wildman–Crippen LogP) is 3.94. The summed E-state index contributed by atoms with van der Waals surface area (Å²) >= 11 is 3.20. The molecule has 1 aromatic heterocycles. The highest BCUT2D eigenvalue weighted by molar-refractivity contribution is 9.10. The van der Waals surface area contributed by atoms with Gasteiger partial charge in [-0.25, -0.2) is 4.79 Å². The van der Waals surface area contributed by atoms with Gasteiger partial charge in [0.25, 0.3) is 0 Å². The summed E-state index contributed by atoms with van der Waals surface area (Å²) in [6, 6.07) is 13.2. The van der Waals surface area contributed by atoms with Crippen LogP contribution in [-0.4, -0.2) is 23.5 Å². The van der Waals surface area contributed by atoms with Crippen LogP contribution in [0.2, 0.25) is 0 Å². The fraction of sp³-hybridized carbons (Fsp3) is 0.0588. The largest absolute Gasteiger partial charge is 0.507 e. The number of phenolic OH excluding ortho intramolecular Hbond substituents is 1. The van der Waals surface area contributed by atoms with Crippen molar-refractivity contribution in [1.29, 1.82) is 0 Å². The fourth-order valence-electron chi connectivity index (χ4n) is 2.07. The van der Waals surface area contributed by atoms with Crippen molar-refractivity contribution in [2.24, 2.45) is 0 Å². The van der Waals surface area contributed by atoms with Gasteiger partial charge >= 0.3 is 5.97 Å². The van der Waals surface area contributed by atoms with Gasteiger partial charge in [-0.3, -0.25) is 4.79 Å². The molecule has 0 aliphatic carbocycles. The maximum Gasteiger partial charge on any atom is 0.342 e. The van der Waals surface area contributed by atoms with Gasteiger partial charge in [-0.2, -0.15) is 0 Å². The molecule has 2 aromatic carbocycles. The summed E-state index contributed by atoms with van der Waals surface area (Å²) < 4.78 is 11.0. The summed E-state index contributed by atoms with van der Waals surface area (Å²) in [6.07, 6.45) is 0. The van der Waals surface area contributed by atoms with Gasteiger partial charge in [0.05, 0.1) is 0 Å². The van der Waals surface area contributed by atoms with E-state index in [1.807, 2.05) is 12.1 Å². The average molecular weight is 375 g/mol. The molecule has 0 radical (unpaired) electrons. The van der Waals surface area contributed by atoms with Crippen LogP contribution < -0.4 is 0 Å². The van der Waals surface area contributed by atoms with Crippen molar-refractivity contribution in [3.63, 3.8) is 0 Å². The van der Waals surface area contributed by atoms with Crippen molar-refractivity contribution in [1.82, 2.24) is 0 Å². The van der Waals surface area contributed by atoms with Crippen molar-refractivity contribution in [2.45, 2.75) is 0 Å². The van der Waals surface area contributed by atoms with Gasteiger partial charge in [0, 0.05) is 9.86 Å². The molecule has 0 atom stereocenters. The van der Waals surface area contributed by atoms with Gasteiger partial charge in [-0.05, 0) is 30.3 Å². The second-order valence-electron chi connectivity index (χ2n) is 4.81. The summed E-state index contributed by atoms with van der Waals surface area (Å²) in [7, 11) is 0. The van der Waals surface area contributed by atoms with Crippen LogP contribution in [0.5, 0.6) is 5.75 Å². The molecule has 0 fully saturated rings. The number of rotatable bonds is 4. The first-order valence-electron chi connectivity index (χ1n) is 6.72. The topological polar surface area (TPSA) is 76.7 Å². The highest BCUT2D eigenvalue weighted by atomic mass is 79.9. The molecule has 1 heterocycles. The van der Waals surface area contributed by atoms with Crippen molar-refractivity contribution < 1.29 is 23.8 Å². The molecule has 0 amide bonds. The molecule has 0 unspecified atom stereocenters. The van der Waals surface area contributed by atoms with Crippen LogP contribution in [0.25, 0.3) is 11.0 Å². The number of hydrogen-bond donors (Lipinski definition) is 1. The third-order valence-electron chi connectivity index (χ3n) is 3.21. The zero-order valence-corrected chi connectivity index (χ0v) is 13.4. The second kappa shape index (κ2) is 6.26. The Morgan fingerprint density at radius 2 is 1.91 bits per heavy atom. The lowest BCUT2D eigenvalue weighted by Crippen LogP contribution is -2.14. The van der Waals surface area contributed by atoms with Crippen molar-refractivity contribution >= 4 is 38.7 Å². The number of hydrogen-bond acceptors (Lipinski definition) is 5. The smallest absolute Gasteiger partial charge is 0.342 e. The summed E-state index contributed by atoms with van der Waals surface area (Å²) in [5.41, 5.74) is 0.573. The Morgan fingerprint density at radius 1 is 1.13 bits per heavy atom. The van der Waals surface area contributed by atoms with Crippen LogP contribution in [0.3, 0.4) is 0 Å². The van der Waals surface area contributed by atoms with Gasteiger partial charge in [0.2, 0.25) is 5.78 Å². The Hall–Kier alpha value is -2.60. The number of ether oxygens (including phenoxy) is 1. The van der Waals surface area contributed by atoms with E-state index >= 15 is 0 Å². The van der Waals surface area contributed by atoms with E-state index in [0.717, 1.165) is 5.39 Å². The minimum atomic E-state index is -0.784. The zero-order chi connectivity index (χ0) is 16.4. The number of carbonyl (C=O) groups excluding carboxylic acids is 2. The summed E-state index contributed by atoms with van der Waals surface area (Å²) in [5, 5.41) is 10.5. The van der Waals surface area contributed by atoms with E-state index in [1.165, 1.54) is 12.1 Å². The number of para-hydroxylation sites is 1. The standard InChI is InChI=1S/C17H11BrO5/c18-11-5-6-13(19)12(8-11)17(21)22-9-14(20)16-7-10-3-1-2-4-15(10)23-16/h1-8,19H,9H2. The first kappa shape index (κ1) is 15.3. The van der Waals surface area contributed by atoms with E-state index in [4.69, 9.17) is 9.15 Å². The Labute approximate surface area is 139 Å². The van der Waals surface area contributed by atoms with Crippen LogP contribution in [0.4, 0.5) is 0 Å². The highest BCUT2D eigenvalue weighted by Crippen LogP contribution is 2.23. The van der Waals surface area contributed by atoms with E-state index < -0.39 is 18.4 Å². The molecule has 0 aliphatic rings. The number of carbonyl (C=O) groups is 2. The Balaban J connectivity index is 1.71. The second-order valence-corrected chi connectivity index (χ2v) is 5.72. The maximum absolute atomic E-state index is 12.1. The van der Waals surface area contributed by atoms with Crippen molar-refractivity contribution in [2.75, 3.05) is 6.61 Å². The number of ketones is 1. The van der Waals surface area contributed by atoms with Crippen LogP contribution in [-0.2, 0) is 4.74 Å². The highest BCUT2D eigenvalue weighted by Gasteiger charge is 2.18. The molecule has 3 aromatic rings. The van der Waals surface area contributed by atoms with Crippen LogP contribution in [0.15, 0.2) is 57.4 Å². The van der Waals surface area contributed by atoms with Gasteiger partial charge in [-0.15, -0.1) is 0 Å². The minimum Gasteiger partial charge on any atom is -0.507 e. The summed E-state index contributed by atoms with van der Waals surface area (Å²) in [4.78, 5) is 24.0. The van der Waals surface area contributed by atoms with Gasteiger partial charge in [0.1, 0.15) is 16.9 Å². The third-order valence-corrected chi connectivity index (χ3v) is 3.71. The number of phenols is 1. The number of esters is 1. The molecule has 0 bridgehead atoms. The Bertz CT molecular complexity index is 864. The monoisotopic (exact) mass is 374 g/mol. The van der Waals surface area contributed by atoms with Crippen molar-refractivity contribution in [3.8, 4) is 5.75 Å². The molecule has 116 valence electrons. The van der Waals surface area contributed by atoms with Crippen LogP contribution in [0.1, 0.15) is 20.9 Å². The lowest BCUT2D eigenvalue weighted by Gasteiger charge is -2.05. The number of Topliss-reactive ketones (excluding diaryl/α,β-unsaturated/α-hetero) is 1. The summed E-state index contributed by atoms with van der Waals surface area (Å²) in [6.45, 7) is -0.468. The molecule has 1 N–H and O–H groups in total. The fourth-order valence-corrected chi connectivity index (χ4v) is 2.43. The molecule has 0 aliphatic heterocycles. The molecule has 6 heteroatoms. The first-order valence-corrected chi connectivity index (χ1v) is 7.51. The number of furan rings is 1. The maximum atomic E-state index is 12.1. The number of benzene rings is 2. The first-order chi connectivity index (χ1) is 11.0. The number of halogens is 1. The minimum absolute atomic E-state index is 0.0169. The Morgan fingerprint density at radius 3 is 2.70 bits per heavy atom. The quantitative estimate of drug-likeness (QED) is 0.552. The normalized spacial score (nSPS) is 10.7. The van der Waals surface area contributed by atoms with Crippen LogP contribution >= 0.6 is 15.9 Å². The van der Waals surface area contributed by atoms with Crippen molar-refractivity contribution in [3.05, 3.63) is 64.3 Å². The molecule has 3 rings (SSSR count). The van der Waals surface area contributed by atoms with E-state index in [2.05, 4.69) is 15.9 Å². The molecule has 0 saturated carbocycles. The van der Waals surface area contributed by atoms with E-state index in [0.29, 0.717) is 10.1 Å². The van der Waals surface area contributed by atoms with E-state index in [9.17, 15) is 14.7 Å². The predicted molar refractivity (Wildman–Crippen MR) is 86.6 cm³/mol. The molecule has 0 spiro atoms. The number of fused-ring (bicyclic) bond motifs is 1. The molecular weight excluding hydrogens is 364 g/mol. The van der Waals surface area contributed by atoms with Crippen LogP contribution in [0, 0.1) is 0 Å².